The van der Waals surface area contributed by atoms with E-state index < -0.39 is 47.2 Å². The van der Waals surface area contributed by atoms with Gasteiger partial charge in [0.25, 0.3) is 5.78 Å². The van der Waals surface area contributed by atoms with Crippen LogP contribution in [0.15, 0.2) is 36.6 Å². The van der Waals surface area contributed by atoms with Crippen LogP contribution in [0.1, 0.15) is 0 Å². The van der Waals surface area contributed by atoms with E-state index in [0.29, 0.717) is 0 Å². The van der Waals surface area contributed by atoms with E-state index in [0.717, 1.165) is 24.3 Å². The summed E-state index contributed by atoms with van der Waals surface area (Å²) in [6.07, 6.45) is -7.32. The molecule has 164 valence electrons. The summed E-state index contributed by atoms with van der Waals surface area (Å²) in [5.41, 5.74) is 0. The van der Waals surface area contributed by atoms with Gasteiger partial charge in [-0.15, -0.1) is 0 Å². The van der Waals surface area contributed by atoms with Crippen molar-refractivity contribution >= 4 is 5.78 Å². The number of benzene rings is 1. The van der Waals surface area contributed by atoms with E-state index in [4.69, 9.17) is 4.74 Å². The number of halogens is 11. The highest BCUT2D eigenvalue weighted by Crippen LogP contribution is 2.57. The molecule has 1 aromatic rings. The number of rotatable bonds is 8. The van der Waals surface area contributed by atoms with Crippen LogP contribution in [0.3, 0.4) is 0 Å². The van der Waals surface area contributed by atoms with Gasteiger partial charge in [-0.2, -0.15) is 48.3 Å². The molecule has 0 fully saturated rings. The smallest absolute Gasteiger partial charge is 0.460 e. The molecule has 0 radical (unpaired) electrons. The van der Waals surface area contributed by atoms with E-state index in [9.17, 15) is 53.1 Å². The summed E-state index contributed by atoms with van der Waals surface area (Å²) in [7, 11) is 1.22. The Hall–Kier alpha value is -2.54. The van der Waals surface area contributed by atoms with E-state index >= 15 is 0 Å². The van der Waals surface area contributed by atoms with Crippen LogP contribution in [0.2, 0.25) is 0 Å². The SMILES string of the molecule is C=C(Oc1ccc(OC)cc1)C(=O)C(F)(F)C(F)(F)C(F)(F)C(F)(F)C(F)(F)F. The van der Waals surface area contributed by atoms with Crippen LogP contribution in [0.25, 0.3) is 0 Å². The van der Waals surface area contributed by atoms with Crippen molar-refractivity contribution in [1.82, 2.24) is 0 Å². The number of ketones is 1. The van der Waals surface area contributed by atoms with Crippen LogP contribution in [0.4, 0.5) is 48.3 Å². The zero-order valence-electron chi connectivity index (χ0n) is 13.9. The second kappa shape index (κ2) is 7.37. The number of carbonyl (C=O) groups excluding carboxylic acids is 1. The molecule has 14 heteroatoms. The zero-order valence-corrected chi connectivity index (χ0v) is 13.9. The molecule has 0 bridgehead atoms. The van der Waals surface area contributed by atoms with Crippen molar-refractivity contribution in [2.75, 3.05) is 7.11 Å². The molecule has 3 nitrogen and oxygen atoms in total. The monoisotopic (exact) mass is 446 g/mol. The van der Waals surface area contributed by atoms with Crippen LogP contribution >= 0.6 is 0 Å². The minimum Gasteiger partial charge on any atom is -0.497 e. The number of hydrogen-bond donors (Lipinski definition) is 0. The Kier molecular flexibility index (Phi) is 6.23. The maximum absolute atomic E-state index is 13.6. The van der Waals surface area contributed by atoms with Gasteiger partial charge in [0.05, 0.1) is 7.11 Å². The summed E-state index contributed by atoms with van der Waals surface area (Å²) in [5, 5.41) is 0. The topological polar surface area (TPSA) is 35.5 Å². The molecule has 0 unspecified atom stereocenters. The number of hydrogen-bond acceptors (Lipinski definition) is 3. The molecule has 0 amide bonds. The average Bonchev–Trinajstić information content (AvgIpc) is 2.60. The molecule has 29 heavy (non-hydrogen) atoms. The number of allylic oxidation sites excluding steroid dienone is 1. The number of ether oxygens (including phenoxy) is 2. The minimum absolute atomic E-state index is 0.181. The summed E-state index contributed by atoms with van der Waals surface area (Å²) < 4.78 is 151. The van der Waals surface area contributed by atoms with Crippen molar-refractivity contribution in [2.24, 2.45) is 0 Å². The summed E-state index contributed by atoms with van der Waals surface area (Å²) in [6.45, 7) is 2.49. The predicted molar refractivity (Wildman–Crippen MR) is 73.6 cm³/mol. The molecule has 0 aliphatic heterocycles. The minimum atomic E-state index is -7.70. The highest BCUT2D eigenvalue weighted by molar-refractivity contribution is 5.99. The lowest BCUT2D eigenvalue weighted by Crippen LogP contribution is -2.68. The third-order valence-corrected chi connectivity index (χ3v) is 3.38. The molecule has 0 saturated carbocycles. The molecule has 0 spiro atoms. The summed E-state index contributed by atoms with van der Waals surface area (Å²) >= 11 is 0. The van der Waals surface area contributed by atoms with Gasteiger partial charge in [0, 0.05) is 0 Å². The normalized spacial score (nSPS) is 13.8. The third kappa shape index (κ3) is 3.96. The van der Waals surface area contributed by atoms with Crippen LogP contribution in [-0.4, -0.2) is 42.8 Å². The fourth-order valence-electron chi connectivity index (χ4n) is 1.72. The van der Waals surface area contributed by atoms with E-state index in [-0.39, 0.29) is 5.75 Å². The first-order valence-corrected chi connectivity index (χ1v) is 6.98. The Bertz CT molecular complexity index is 767. The number of methoxy groups -OCH3 is 1. The molecule has 0 aliphatic rings. The van der Waals surface area contributed by atoms with Gasteiger partial charge in [-0.3, -0.25) is 4.79 Å². The molecule has 0 heterocycles. The Labute approximate surface area is 154 Å². The van der Waals surface area contributed by atoms with Crippen LogP contribution < -0.4 is 9.47 Å². The maximum atomic E-state index is 13.6. The quantitative estimate of drug-likeness (QED) is 0.311. The molecule has 0 aliphatic carbocycles. The molecular weight excluding hydrogens is 437 g/mol. The van der Waals surface area contributed by atoms with Crippen LogP contribution in [0, 0.1) is 0 Å². The number of Topliss-reactive ketones (excluding diaryl/α,β-unsaturated/α-hetero) is 1. The fraction of sp³-hybridized carbons (Fsp3) is 0.400. The molecule has 1 aromatic carbocycles. The van der Waals surface area contributed by atoms with Gasteiger partial charge in [0.2, 0.25) is 0 Å². The lowest BCUT2D eigenvalue weighted by Gasteiger charge is -2.36. The Morgan fingerprint density at radius 2 is 1.17 bits per heavy atom. The van der Waals surface area contributed by atoms with Crippen LogP contribution in [-0.2, 0) is 4.79 Å². The molecular formula is C15H9F11O3. The fourth-order valence-corrected chi connectivity index (χ4v) is 1.72. The van der Waals surface area contributed by atoms with E-state index in [1.54, 1.807) is 0 Å². The van der Waals surface area contributed by atoms with Gasteiger partial charge in [-0.1, -0.05) is 6.58 Å². The van der Waals surface area contributed by atoms with Crippen molar-refractivity contribution in [3.05, 3.63) is 36.6 Å². The first-order chi connectivity index (χ1) is 12.8. The van der Waals surface area contributed by atoms with E-state index in [1.807, 2.05) is 0 Å². The third-order valence-electron chi connectivity index (χ3n) is 3.38. The Balaban J connectivity index is 3.22. The lowest BCUT2D eigenvalue weighted by molar-refractivity contribution is -0.416. The van der Waals surface area contributed by atoms with Gasteiger partial charge in [-0.05, 0) is 24.3 Å². The van der Waals surface area contributed by atoms with Crippen molar-refractivity contribution in [3.63, 3.8) is 0 Å². The Morgan fingerprint density at radius 3 is 1.55 bits per heavy atom. The molecule has 0 N–H and O–H groups in total. The molecule has 0 atom stereocenters. The average molecular weight is 446 g/mol. The van der Waals surface area contributed by atoms with Crippen molar-refractivity contribution in [2.45, 2.75) is 29.9 Å². The van der Waals surface area contributed by atoms with Gasteiger partial charge in [0.15, 0.2) is 5.76 Å². The second-order valence-corrected chi connectivity index (χ2v) is 5.33. The van der Waals surface area contributed by atoms with Crippen molar-refractivity contribution in [1.29, 1.82) is 0 Å². The maximum Gasteiger partial charge on any atom is 0.460 e. The van der Waals surface area contributed by atoms with E-state index in [1.165, 1.54) is 7.11 Å². The highest BCUT2D eigenvalue weighted by atomic mass is 19.4. The van der Waals surface area contributed by atoms with Crippen molar-refractivity contribution < 1.29 is 62.6 Å². The van der Waals surface area contributed by atoms with Gasteiger partial charge < -0.3 is 9.47 Å². The summed E-state index contributed by atoms with van der Waals surface area (Å²) in [6, 6.07) is 4.11. The van der Waals surface area contributed by atoms with Gasteiger partial charge in [-0.25, -0.2) is 0 Å². The summed E-state index contributed by atoms with van der Waals surface area (Å²) in [4.78, 5) is 11.4. The highest BCUT2D eigenvalue weighted by Gasteiger charge is 2.88. The molecule has 0 saturated heterocycles. The second-order valence-electron chi connectivity index (χ2n) is 5.33. The largest absolute Gasteiger partial charge is 0.497 e. The van der Waals surface area contributed by atoms with Gasteiger partial charge >= 0.3 is 29.9 Å². The molecule has 0 aromatic heterocycles. The van der Waals surface area contributed by atoms with Gasteiger partial charge in [0.1, 0.15) is 11.5 Å². The number of carbonyl (C=O) groups is 1. The predicted octanol–water partition coefficient (Wildman–Crippen LogP) is 5.26. The summed E-state index contributed by atoms with van der Waals surface area (Å²) in [5.74, 6) is -35.1. The zero-order chi connectivity index (χ0) is 23.1. The van der Waals surface area contributed by atoms with E-state index in [2.05, 4.69) is 11.3 Å². The number of alkyl halides is 11. The van der Waals surface area contributed by atoms with Crippen molar-refractivity contribution in [3.8, 4) is 11.5 Å². The first-order valence-electron chi connectivity index (χ1n) is 6.98. The van der Waals surface area contributed by atoms with Crippen LogP contribution in [0.5, 0.6) is 11.5 Å². The Morgan fingerprint density at radius 1 is 0.759 bits per heavy atom. The molecule has 1 rings (SSSR count). The first kappa shape index (κ1) is 24.5. The lowest BCUT2D eigenvalue weighted by atomic mass is 9.95. The standard InChI is InChI=1S/C15H9F11O3/c1-7(29-9-5-3-8(28-2)4-6-9)10(27)11(16,17)12(18,19)13(20,21)14(22,23)15(24,25)26/h3-6H,1H2,2H3.